The van der Waals surface area contributed by atoms with Gasteiger partial charge in [0.25, 0.3) is 5.91 Å². The fraction of sp³-hybridized carbons (Fsp3) is 0.238. The summed E-state index contributed by atoms with van der Waals surface area (Å²) in [5, 5.41) is 22.4. The summed E-state index contributed by atoms with van der Waals surface area (Å²) in [6, 6.07) is 5.84. The number of hydrogen-bond acceptors (Lipinski definition) is 8. The maximum atomic E-state index is 12.4. The molecular weight excluding hydrogens is 416 g/mol. The van der Waals surface area contributed by atoms with Crippen molar-refractivity contribution >= 4 is 33.1 Å². The van der Waals surface area contributed by atoms with E-state index in [1.54, 1.807) is 0 Å². The van der Waals surface area contributed by atoms with E-state index in [4.69, 9.17) is 15.6 Å². The number of aliphatic hydroxyl groups is 1. The Morgan fingerprint density at radius 1 is 1.32 bits per heavy atom. The lowest BCUT2D eigenvalue weighted by atomic mass is 10.1. The van der Waals surface area contributed by atoms with Gasteiger partial charge in [-0.15, -0.1) is 21.5 Å². The van der Waals surface area contributed by atoms with Gasteiger partial charge in [0, 0.05) is 29.3 Å². The number of carbonyl (C=O) groups is 1. The molecule has 9 nitrogen and oxygen atoms in total. The summed E-state index contributed by atoms with van der Waals surface area (Å²) in [6.45, 7) is 4.13. The second-order valence-electron chi connectivity index (χ2n) is 7.03. The van der Waals surface area contributed by atoms with Gasteiger partial charge in [-0.1, -0.05) is 12.1 Å². The van der Waals surface area contributed by atoms with Gasteiger partial charge in [0.2, 0.25) is 0 Å². The normalized spacial score (nSPS) is 11.1. The number of carbonyl (C=O) groups excluding carboxylic acids is 1. The lowest BCUT2D eigenvalue weighted by molar-refractivity contribution is 0.0946. The summed E-state index contributed by atoms with van der Waals surface area (Å²) in [4.78, 5) is 19.7. The van der Waals surface area contributed by atoms with Gasteiger partial charge in [-0.25, -0.2) is 4.98 Å². The van der Waals surface area contributed by atoms with Gasteiger partial charge in [-0.2, -0.15) is 0 Å². The number of ether oxygens (including phenoxy) is 1. The number of aromatic amines is 1. The number of nitrogens with one attached hydrogen (secondary N) is 2. The molecule has 0 aliphatic heterocycles. The van der Waals surface area contributed by atoms with E-state index in [1.807, 2.05) is 37.4 Å². The first-order valence-electron chi connectivity index (χ1n) is 9.64. The number of amides is 1. The standard InChI is InChI=1S/C21H22N6O3S/c1-11-3-4-13(20-25-12(2)26-27-20)7-16(11)30-9-14-10-31-18-15(21(29)23-5-6-28)8-24-19(22)17(14)18/h3-4,7-8,10,28H,5-6,9H2,1-2H3,(H2,22,24)(H,23,29)(H,25,26,27). The lowest BCUT2D eigenvalue weighted by Crippen LogP contribution is -2.26. The van der Waals surface area contributed by atoms with Crippen LogP contribution in [0.25, 0.3) is 21.5 Å². The number of aliphatic hydroxyl groups excluding tert-OH is 1. The molecule has 0 spiro atoms. The van der Waals surface area contributed by atoms with Crippen LogP contribution in [-0.2, 0) is 6.61 Å². The highest BCUT2D eigenvalue weighted by atomic mass is 32.1. The number of anilines is 1. The molecule has 0 fully saturated rings. The zero-order valence-corrected chi connectivity index (χ0v) is 17.9. The molecule has 4 rings (SSSR count). The average molecular weight is 439 g/mol. The van der Waals surface area contributed by atoms with E-state index >= 15 is 0 Å². The molecule has 3 heterocycles. The molecule has 4 aromatic rings. The number of aryl methyl sites for hydroxylation is 2. The molecule has 0 atom stereocenters. The molecule has 0 saturated carbocycles. The van der Waals surface area contributed by atoms with Crippen LogP contribution in [0.15, 0.2) is 29.8 Å². The zero-order valence-electron chi connectivity index (χ0n) is 17.1. The molecule has 0 radical (unpaired) electrons. The van der Waals surface area contributed by atoms with E-state index in [2.05, 4.69) is 25.5 Å². The molecule has 1 aromatic carbocycles. The van der Waals surface area contributed by atoms with Gasteiger partial charge in [0.05, 0.1) is 16.9 Å². The Hall–Kier alpha value is -3.50. The van der Waals surface area contributed by atoms with Crippen molar-refractivity contribution < 1.29 is 14.6 Å². The maximum Gasteiger partial charge on any atom is 0.254 e. The quantitative estimate of drug-likeness (QED) is 0.348. The van der Waals surface area contributed by atoms with Crippen molar-refractivity contribution in [3.63, 3.8) is 0 Å². The minimum atomic E-state index is -0.299. The summed E-state index contributed by atoms with van der Waals surface area (Å²) >= 11 is 1.41. The molecule has 160 valence electrons. The van der Waals surface area contributed by atoms with Crippen LogP contribution in [0.2, 0.25) is 0 Å². The SMILES string of the molecule is Cc1nnc(-c2ccc(C)c(OCc3csc4c(C(=O)NCCO)cnc(N)c34)c2)[nH]1. The van der Waals surface area contributed by atoms with Crippen LogP contribution in [0.4, 0.5) is 5.82 Å². The van der Waals surface area contributed by atoms with Crippen LogP contribution < -0.4 is 15.8 Å². The van der Waals surface area contributed by atoms with Gasteiger partial charge >= 0.3 is 0 Å². The average Bonchev–Trinajstić information content (AvgIpc) is 3.39. The van der Waals surface area contributed by atoms with E-state index in [9.17, 15) is 4.79 Å². The Morgan fingerprint density at radius 2 is 2.16 bits per heavy atom. The fourth-order valence-corrected chi connectivity index (χ4v) is 4.27. The van der Waals surface area contributed by atoms with Gasteiger partial charge in [0.15, 0.2) is 5.82 Å². The Labute approximate surface area is 182 Å². The highest BCUT2D eigenvalue weighted by molar-refractivity contribution is 7.17. The van der Waals surface area contributed by atoms with Gasteiger partial charge < -0.3 is 25.9 Å². The monoisotopic (exact) mass is 438 g/mol. The largest absolute Gasteiger partial charge is 0.489 e. The van der Waals surface area contributed by atoms with Crippen molar-refractivity contribution in [3.8, 4) is 17.1 Å². The minimum absolute atomic E-state index is 0.132. The van der Waals surface area contributed by atoms with Crippen molar-refractivity contribution in [2.45, 2.75) is 20.5 Å². The first kappa shape index (κ1) is 20.8. The Kier molecular flexibility index (Phi) is 5.83. The molecule has 0 aliphatic carbocycles. The molecule has 31 heavy (non-hydrogen) atoms. The van der Waals surface area contributed by atoms with Crippen LogP contribution in [0.5, 0.6) is 5.75 Å². The predicted molar refractivity (Wildman–Crippen MR) is 119 cm³/mol. The number of nitrogen functional groups attached to an aromatic ring is 1. The maximum absolute atomic E-state index is 12.4. The molecular formula is C21H22N6O3S. The van der Waals surface area contributed by atoms with Gasteiger partial charge in [0.1, 0.15) is 24.0 Å². The molecule has 0 unspecified atom stereocenters. The number of thiophene rings is 1. The van der Waals surface area contributed by atoms with Crippen molar-refractivity contribution in [1.29, 1.82) is 0 Å². The van der Waals surface area contributed by atoms with E-state index < -0.39 is 0 Å². The number of benzene rings is 1. The first-order chi connectivity index (χ1) is 15.0. The Bertz CT molecular complexity index is 1250. The van der Waals surface area contributed by atoms with Crippen molar-refractivity contribution in [2.24, 2.45) is 0 Å². The number of aromatic nitrogens is 4. The number of hydrogen-bond donors (Lipinski definition) is 4. The number of nitrogens with zero attached hydrogens (tertiary/aromatic N) is 3. The number of rotatable bonds is 7. The fourth-order valence-electron chi connectivity index (χ4n) is 3.20. The molecule has 0 saturated heterocycles. The van der Waals surface area contributed by atoms with Gasteiger partial charge in [-0.3, -0.25) is 4.79 Å². The third-order valence-electron chi connectivity index (χ3n) is 4.79. The van der Waals surface area contributed by atoms with E-state index in [1.165, 1.54) is 17.5 Å². The van der Waals surface area contributed by atoms with Crippen LogP contribution in [-0.4, -0.2) is 44.3 Å². The Morgan fingerprint density at radius 3 is 2.90 bits per heavy atom. The van der Waals surface area contributed by atoms with Crippen LogP contribution >= 0.6 is 11.3 Å². The Balaban J connectivity index is 1.61. The van der Waals surface area contributed by atoms with Crippen molar-refractivity contribution in [1.82, 2.24) is 25.5 Å². The summed E-state index contributed by atoms with van der Waals surface area (Å²) in [7, 11) is 0. The molecule has 0 aliphatic rings. The zero-order chi connectivity index (χ0) is 22.0. The van der Waals surface area contributed by atoms with Crippen LogP contribution in [0, 0.1) is 13.8 Å². The van der Waals surface area contributed by atoms with Crippen molar-refractivity contribution in [3.05, 3.63) is 52.3 Å². The third-order valence-corrected chi connectivity index (χ3v) is 5.85. The second-order valence-corrected chi connectivity index (χ2v) is 7.91. The number of H-pyrrole nitrogens is 1. The van der Waals surface area contributed by atoms with Crippen LogP contribution in [0.1, 0.15) is 27.3 Å². The molecule has 1 amide bonds. The minimum Gasteiger partial charge on any atom is -0.489 e. The van der Waals surface area contributed by atoms with E-state index in [-0.39, 0.29) is 25.7 Å². The molecule has 3 aromatic heterocycles. The summed E-state index contributed by atoms with van der Waals surface area (Å²) < 4.78 is 6.85. The summed E-state index contributed by atoms with van der Waals surface area (Å²) in [6.07, 6.45) is 1.46. The predicted octanol–water partition coefficient (Wildman–Crippen LogP) is 2.58. The number of fused-ring (bicyclic) bond motifs is 1. The van der Waals surface area contributed by atoms with Gasteiger partial charge in [-0.05, 0) is 30.9 Å². The summed E-state index contributed by atoms with van der Waals surface area (Å²) in [5.74, 6) is 2.18. The highest BCUT2D eigenvalue weighted by Crippen LogP contribution is 2.34. The first-order valence-corrected chi connectivity index (χ1v) is 10.5. The second kappa shape index (κ2) is 8.70. The number of nitrogens with two attached hydrogens (primary N) is 1. The molecule has 5 N–H and O–H groups in total. The molecule has 0 bridgehead atoms. The highest BCUT2D eigenvalue weighted by Gasteiger charge is 2.18. The lowest BCUT2D eigenvalue weighted by Gasteiger charge is -2.11. The van der Waals surface area contributed by atoms with E-state index in [0.29, 0.717) is 28.3 Å². The van der Waals surface area contributed by atoms with E-state index in [0.717, 1.165) is 27.2 Å². The third kappa shape index (κ3) is 4.21. The summed E-state index contributed by atoms with van der Waals surface area (Å²) in [5.41, 5.74) is 9.25. The topological polar surface area (TPSA) is 139 Å². The van der Waals surface area contributed by atoms with Crippen LogP contribution in [0.3, 0.4) is 0 Å². The molecule has 10 heteroatoms. The van der Waals surface area contributed by atoms with Crippen molar-refractivity contribution in [2.75, 3.05) is 18.9 Å². The smallest absolute Gasteiger partial charge is 0.254 e. The number of pyridine rings is 1.